The van der Waals surface area contributed by atoms with Crippen molar-refractivity contribution in [3.05, 3.63) is 57.6 Å². The topological polar surface area (TPSA) is 60.8 Å². The number of rotatable bonds is 4. The Morgan fingerprint density at radius 3 is 2.91 bits per heavy atom. The van der Waals surface area contributed by atoms with Crippen LogP contribution in [0.25, 0.3) is 5.57 Å². The molecule has 2 aromatic rings. The Kier molecular flexibility index (Phi) is 4.02. The first-order valence-electron chi connectivity index (χ1n) is 6.68. The van der Waals surface area contributed by atoms with Gasteiger partial charge in [-0.15, -0.1) is 11.3 Å². The molecule has 0 spiro atoms. The van der Waals surface area contributed by atoms with Crippen molar-refractivity contribution < 1.29 is 14.4 Å². The van der Waals surface area contributed by atoms with Crippen molar-refractivity contribution in [1.29, 1.82) is 0 Å². The van der Waals surface area contributed by atoms with Gasteiger partial charge in [-0.1, -0.05) is 35.5 Å². The number of hydrogen-bond donors (Lipinski definition) is 0. The smallest absolute Gasteiger partial charge is 0.357 e. The summed E-state index contributed by atoms with van der Waals surface area (Å²) < 4.78 is 4.69. The van der Waals surface area contributed by atoms with Crippen LogP contribution in [0.2, 0.25) is 0 Å². The number of thiazole rings is 1. The maximum Gasteiger partial charge on any atom is 0.357 e. The van der Waals surface area contributed by atoms with Crippen LogP contribution in [-0.4, -0.2) is 30.9 Å². The molecule has 22 heavy (non-hydrogen) atoms. The van der Waals surface area contributed by atoms with Crippen LogP contribution < -0.4 is 0 Å². The quantitative estimate of drug-likeness (QED) is 0.494. The van der Waals surface area contributed by atoms with Crippen LogP contribution in [0.3, 0.4) is 0 Å². The number of methoxy groups -OCH3 is 1. The van der Waals surface area contributed by atoms with Crippen molar-refractivity contribution >= 4 is 28.6 Å². The summed E-state index contributed by atoms with van der Waals surface area (Å²) in [7, 11) is 2.83. The molecular weight excluding hydrogens is 300 g/mol. The number of ether oxygens (including phenoxy) is 1. The van der Waals surface area contributed by atoms with Gasteiger partial charge in [0.05, 0.1) is 7.11 Å². The first-order chi connectivity index (χ1) is 10.7. The molecule has 0 amide bonds. The molecule has 1 aliphatic carbocycles. The summed E-state index contributed by atoms with van der Waals surface area (Å²) in [5.74, 6) is -0.458. The average molecular weight is 314 g/mol. The van der Waals surface area contributed by atoms with Crippen LogP contribution >= 0.6 is 11.3 Å². The van der Waals surface area contributed by atoms with Gasteiger partial charge in [0.25, 0.3) is 0 Å². The highest BCUT2D eigenvalue weighted by Gasteiger charge is 2.23. The summed E-state index contributed by atoms with van der Waals surface area (Å²) in [4.78, 5) is 20.9. The number of carbonyl (C=O) groups is 1. The summed E-state index contributed by atoms with van der Waals surface area (Å²) in [5, 5.41) is 6.41. The second-order valence-corrected chi connectivity index (χ2v) is 5.49. The van der Waals surface area contributed by atoms with Gasteiger partial charge in [0.1, 0.15) is 17.8 Å². The minimum atomic E-state index is -0.458. The van der Waals surface area contributed by atoms with E-state index in [9.17, 15) is 4.79 Å². The second kappa shape index (κ2) is 6.11. The molecule has 3 rings (SSSR count). The van der Waals surface area contributed by atoms with Gasteiger partial charge in [-0.25, -0.2) is 9.78 Å². The van der Waals surface area contributed by atoms with E-state index in [2.05, 4.69) is 22.3 Å². The lowest BCUT2D eigenvalue weighted by Gasteiger charge is -2.06. The molecule has 0 fully saturated rings. The number of carbonyl (C=O) groups excluding carboxylic acids is 1. The molecule has 112 valence electrons. The molecule has 1 heterocycles. The number of nitrogens with zero attached hydrogens (tertiary/aromatic N) is 2. The van der Waals surface area contributed by atoms with Crippen molar-refractivity contribution in [2.45, 2.75) is 6.42 Å². The summed E-state index contributed by atoms with van der Waals surface area (Å²) in [5.41, 5.74) is 4.24. The van der Waals surface area contributed by atoms with Crippen LogP contribution in [0.5, 0.6) is 0 Å². The zero-order chi connectivity index (χ0) is 15.5. The Morgan fingerprint density at radius 1 is 1.32 bits per heavy atom. The van der Waals surface area contributed by atoms with E-state index in [1.54, 1.807) is 5.38 Å². The lowest BCUT2D eigenvalue weighted by molar-refractivity contribution is 0.0595. The third kappa shape index (κ3) is 2.53. The van der Waals surface area contributed by atoms with Crippen LogP contribution in [0.4, 0.5) is 0 Å². The Bertz CT molecular complexity index is 777. The summed E-state index contributed by atoms with van der Waals surface area (Å²) >= 11 is 1.34. The molecule has 1 aliphatic rings. The largest absolute Gasteiger partial charge is 0.464 e. The molecule has 0 radical (unpaired) electrons. The number of oxime groups is 1. The number of allylic oxidation sites excluding steroid dienone is 2. The zero-order valence-electron chi connectivity index (χ0n) is 12.2. The number of hydrogen-bond acceptors (Lipinski definition) is 6. The number of fused-ring (bicyclic) bond motifs is 1. The first-order valence-corrected chi connectivity index (χ1v) is 7.56. The molecule has 0 N–H and O–H groups in total. The Balaban J connectivity index is 2.00. The van der Waals surface area contributed by atoms with Crippen molar-refractivity contribution in [2.75, 3.05) is 14.2 Å². The summed E-state index contributed by atoms with van der Waals surface area (Å²) in [6.45, 7) is 0. The maximum absolute atomic E-state index is 11.6. The van der Waals surface area contributed by atoms with Gasteiger partial charge >= 0.3 is 5.97 Å². The van der Waals surface area contributed by atoms with Gasteiger partial charge in [0.2, 0.25) is 0 Å². The lowest BCUT2D eigenvalue weighted by Crippen LogP contribution is -2.06. The van der Waals surface area contributed by atoms with Gasteiger partial charge in [0.15, 0.2) is 5.69 Å². The summed E-state index contributed by atoms with van der Waals surface area (Å²) in [6, 6.07) is 8.14. The maximum atomic E-state index is 11.6. The average Bonchev–Trinajstić information content (AvgIpc) is 3.19. The molecule has 5 nitrogen and oxygen atoms in total. The normalized spacial score (nSPS) is 13.5. The number of esters is 1. The first kappa shape index (κ1) is 14.5. The number of benzene rings is 1. The van der Waals surface area contributed by atoms with Gasteiger partial charge in [-0.2, -0.15) is 0 Å². The molecule has 1 aromatic heterocycles. The molecule has 0 saturated heterocycles. The molecule has 0 saturated carbocycles. The minimum Gasteiger partial charge on any atom is -0.464 e. The monoisotopic (exact) mass is 314 g/mol. The van der Waals surface area contributed by atoms with E-state index in [1.165, 1.54) is 31.1 Å². The molecule has 1 aromatic carbocycles. The standard InChI is InChI=1S/C16H14N2O3S/c1-20-16(19)13-9-22-15(17-13)14(18-21-2)12-8-7-10-5-3-4-6-11(10)12/h3-6,8-9H,7H2,1-2H3/b18-14-. The van der Waals surface area contributed by atoms with E-state index in [4.69, 9.17) is 9.57 Å². The highest BCUT2D eigenvalue weighted by Crippen LogP contribution is 2.31. The van der Waals surface area contributed by atoms with Gasteiger partial charge in [-0.05, 0) is 17.5 Å². The van der Waals surface area contributed by atoms with E-state index in [1.807, 2.05) is 18.2 Å². The zero-order valence-corrected chi connectivity index (χ0v) is 13.0. The fourth-order valence-corrected chi connectivity index (χ4v) is 3.16. The van der Waals surface area contributed by atoms with Crippen LogP contribution in [0, 0.1) is 0 Å². The third-order valence-electron chi connectivity index (χ3n) is 3.37. The Morgan fingerprint density at radius 2 is 2.14 bits per heavy atom. The van der Waals surface area contributed by atoms with Crippen molar-refractivity contribution in [2.24, 2.45) is 5.16 Å². The van der Waals surface area contributed by atoms with E-state index >= 15 is 0 Å². The SMILES string of the molecule is CO/N=C(/C1=CCc2ccccc21)c1nc(C(=O)OC)cs1. The number of aromatic nitrogens is 1. The fourth-order valence-electron chi connectivity index (χ4n) is 2.38. The third-order valence-corrected chi connectivity index (χ3v) is 4.22. The molecule has 0 atom stereocenters. The molecule has 0 bridgehead atoms. The lowest BCUT2D eigenvalue weighted by atomic mass is 10.0. The van der Waals surface area contributed by atoms with E-state index in [-0.39, 0.29) is 5.69 Å². The predicted octanol–water partition coefficient (Wildman–Crippen LogP) is 2.92. The van der Waals surface area contributed by atoms with Crippen LogP contribution in [-0.2, 0) is 16.0 Å². The Labute approximate surface area is 131 Å². The highest BCUT2D eigenvalue weighted by atomic mass is 32.1. The molecular formula is C16H14N2O3S. The van der Waals surface area contributed by atoms with E-state index < -0.39 is 5.97 Å². The fraction of sp³-hybridized carbons (Fsp3) is 0.188. The van der Waals surface area contributed by atoms with E-state index in [0.29, 0.717) is 10.7 Å². The Hall–Kier alpha value is -2.47. The predicted molar refractivity (Wildman–Crippen MR) is 85.1 cm³/mol. The molecule has 0 unspecified atom stereocenters. The van der Waals surface area contributed by atoms with Crippen LogP contribution in [0.1, 0.15) is 26.6 Å². The van der Waals surface area contributed by atoms with Crippen molar-refractivity contribution in [3.63, 3.8) is 0 Å². The van der Waals surface area contributed by atoms with E-state index in [0.717, 1.165) is 17.6 Å². The van der Waals surface area contributed by atoms with Gasteiger partial charge in [0, 0.05) is 11.0 Å². The second-order valence-electron chi connectivity index (χ2n) is 4.63. The highest BCUT2D eigenvalue weighted by molar-refractivity contribution is 7.12. The molecule has 6 heteroatoms. The van der Waals surface area contributed by atoms with Gasteiger partial charge in [-0.3, -0.25) is 0 Å². The summed E-state index contributed by atoms with van der Waals surface area (Å²) in [6.07, 6.45) is 2.95. The van der Waals surface area contributed by atoms with Gasteiger partial charge < -0.3 is 9.57 Å². The van der Waals surface area contributed by atoms with Crippen molar-refractivity contribution in [1.82, 2.24) is 4.98 Å². The van der Waals surface area contributed by atoms with Crippen LogP contribution in [0.15, 0.2) is 40.9 Å². The van der Waals surface area contributed by atoms with Crippen molar-refractivity contribution in [3.8, 4) is 0 Å². The molecule has 0 aliphatic heterocycles. The minimum absolute atomic E-state index is 0.276.